The molecule has 1 unspecified atom stereocenters. The Kier molecular flexibility index (Phi) is 4.02. The van der Waals surface area contributed by atoms with Gasteiger partial charge in [-0.05, 0) is 18.2 Å². The summed E-state index contributed by atoms with van der Waals surface area (Å²) in [6.07, 6.45) is 1.07. The van der Waals surface area contributed by atoms with Crippen molar-refractivity contribution in [1.82, 2.24) is 4.90 Å². The van der Waals surface area contributed by atoms with Crippen LogP contribution in [-0.4, -0.2) is 55.4 Å². The van der Waals surface area contributed by atoms with Crippen LogP contribution in [0, 0.1) is 0 Å². The summed E-state index contributed by atoms with van der Waals surface area (Å²) in [4.78, 5) is 24.3. The van der Waals surface area contributed by atoms with Gasteiger partial charge in [0.25, 0.3) is 10.0 Å². The van der Waals surface area contributed by atoms with Gasteiger partial charge >= 0.3 is 11.9 Å². The third-order valence-corrected chi connectivity index (χ3v) is 4.69. The van der Waals surface area contributed by atoms with Gasteiger partial charge in [0.2, 0.25) is 5.25 Å². The minimum absolute atomic E-state index is 0.242. The fourth-order valence-corrected chi connectivity index (χ4v) is 3.38. The van der Waals surface area contributed by atoms with Crippen molar-refractivity contribution in [2.75, 3.05) is 18.8 Å². The molecule has 2 rings (SSSR count). The van der Waals surface area contributed by atoms with E-state index >= 15 is 0 Å². The lowest BCUT2D eigenvalue weighted by Crippen LogP contribution is -2.54. The lowest BCUT2D eigenvalue weighted by Gasteiger charge is -2.20. The Bertz CT molecular complexity index is 745. The van der Waals surface area contributed by atoms with Crippen LogP contribution in [0.1, 0.15) is 0 Å². The maximum atomic E-state index is 12.3. The van der Waals surface area contributed by atoms with Gasteiger partial charge in [-0.3, -0.25) is 4.72 Å². The molecule has 0 aromatic heterocycles. The number of imide groups is 1. The molecule has 21 heavy (non-hydrogen) atoms. The van der Waals surface area contributed by atoms with Crippen molar-refractivity contribution in [3.8, 4) is 0 Å². The number of carbonyl (C=O) groups is 2. The summed E-state index contributed by atoms with van der Waals surface area (Å²) in [6.45, 7) is 0. The molecular weight excluding hydrogens is 318 g/mol. The summed E-state index contributed by atoms with van der Waals surface area (Å²) in [5.74, 6) is -0.812. The van der Waals surface area contributed by atoms with E-state index in [1.165, 1.54) is 26.2 Å². The Morgan fingerprint density at radius 2 is 2.00 bits per heavy atom. The van der Waals surface area contributed by atoms with Gasteiger partial charge in [-0.25, -0.2) is 17.8 Å². The zero-order valence-corrected chi connectivity index (χ0v) is 12.9. The number of halogens is 1. The van der Waals surface area contributed by atoms with E-state index in [0.717, 1.165) is 15.7 Å². The van der Waals surface area contributed by atoms with Crippen molar-refractivity contribution in [2.45, 2.75) is 5.25 Å². The second-order valence-corrected chi connectivity index (χ2v) is 6.76. The van der Waals surface area contributed by atoms with Crippen LogP contribution in [0.25, 0.3) is 0 Å². The molecule has 1 aliphatic rings. The molecular formula is C12H13ClN3O4S+. The highest BCUT2D eigenvalue weighted by Crippen LogP contribution is 2.18. The molecule has 112 valence electrons. The Labute approximate surface area is 126 Å². The monoisotopic (exact) mass is 330 g/mol. The van der Waals surface area contributed by atoms with Crippen molar-refractivity contribution in [3.63, 3.8) is 0 Å². The molecule has 1 atom stereocenters. The van der Waals surface area contributed by atoms with Crippen LogP contribution in [0.2, 0.25) is 5.02 Å². The van der Waals surface area contributed by atoms with Crippen LogP contribution >= 0.6 is 11.6 Å². The second-order valence-electron chi connectivity index (χ2n) is 4.52. The van der Waals surface area contributed by atoms with Crippen molar-refractivity contribution in [2.24, 2.45) is 0 Å². The van der Waals surface area contributed by atoms with Crippen molar-refractivity contribution in [3.05, 3.63) is 29.3 Å². The lowest BCUT2D eigenvalue weighted by molar-refractivity contribution is -0.399. The Morgan fingerprint density at radius 1 is 1.33 bits per heavy atom. The SMILES string of the molecule is CN1C(=O)C(S(=O)(=O)Nc2cccc(Cl)c2)C=[N+](C)C1=O. The first-order chi connectivity index (χ1) is 9.72. The van der Waals surface area contributed by atoms with E-state index in [1.54, 1.807) is 12.1 Å². The molecule has 0 saturated carbocycles. The molecule has 3 amide bonds. The van der Waals surface area contributed by atoms with Gasteiger partial charge in [-0.1, -0.05) is 17.7 Å². The van der Waals surface area contributed by atoms with E-state index in [0.29, 0.717) is 5.02 Å². The van der Waals surface area contributed by atoms with E-state index in [1.807, 2.05) is 0 Å². The van der Waals surface area contributed by atoms with Crippen molar-refractivity contribution in [1.29, 1.82) is 0 Å². The number of carbonyl (C=O) groups excluding carboxylic acids is 2. The van der Waals surface area contributed by atoms with Crippen molar-refractivity contribution >= 4 is 45.5 Å². The van der Waals surface area contributed by atoms with Gasteiger partial charge in [-0.2, -0.15) is 9.69 Å². The highest BCUT2D eigenvalue weighted by molar-refractivity contribution is 7.94. The lowest BCUT2D eigenvalue weighted by atomic mass is 10.3. The summed E-state index contributed by atoms with van der Waals surface area (Å²) in [5, 5.41) is -1.12. The smallest absolute Gasteiger partial charge is 0.282 e. The molecule has 0 spiro atoms. The zero-order chi connectivity index (χ0) is 15.8. The summed E-state index contributed by atoms with van der Waals surface area (Å²) < 4.78 is 28.0. The molecule has 1 aliphatic heterocycles. The molecule has 7 nitrogen and oxygen atoms in total. The maximum Gasteiger partial charge on any atom is 0.500 e. The van der Waals surface area contributed by atoms with Crippen LogP contribution < -0.4 is 4.72 Å². The van der Waals surface area contributed by atoms with Gasteiger partial charge < -0.3 is 0 Å². The van der Waals surface area contributed by atoms with Crippen LogP contribution in [-0.2, 0) is 14.8 Å². The first-order valence-corrected chi connectivity index (χ1v) is 7.81. The number of anilines is 1. The average molecular weight is 331 g/mol. The topological polar surface area (TPSA) is 86.6 Å². The van der Waals surface area contributed by atoms with E-state index < -0.39 is 27.2 Å². The number of hydrogen-bond acceptors (Lipinski definition) is 4. The third kappa shape index (κ3) is 3.06. The molecule has 1 N–H and O–H groups in total. The molecule has 0 saturated heterocycles. The molecule has 1 heterocycles. The predicted octanol–water partition coefficient (Wildman–Crippen LogP) is 0.755. The fourth-order valence-electron chi connectivity index (χ4n) is 1.84. The van der Waals surface area contributed by atoms with Gasteiger partial charge in [-0.15, -0.1) is 0 Å². The number of hydrogen-bond donors (Lipinski definition) is 1. The number of nitrogens with zero attached hydrogens (tertiary/aromatic N) is 2. The van der Waals surface area contributed by atoms with Crippen LogP contribution in [0.4, 0.5) is 10.5 Å². The zero-order valence-electron chi connectivity index (χ0n) is 11.3. The highest BCUT2D eigenvalue weighted by atomic mass is 35.5. The van der Waals surface area contributed by atoms with E-state index in [2.05, 4.69) is 4.72 Å². The van der Waals surface area contributed by atoms with E-state index in [9.17, 15) is 18.0 Å². The van der Waals surface area contributed by atoms with Crippen molar-refractivity contribution < 1.29 is 22.6 Å². The molecule has 0 radical (unpaired) electrons. The minimum Gasteiger partial charge on any atom is -0.282 e. The predicted molar refractivity (Wildman–Crippen MR) is 78.2 cm³/mol. The molecule has 1 aromatic rings. The van der Waals surface area contributed by atoms with Crippen LogP contribution in [0.15, 0.2) is 24.3 Å². The first-order valence-electron chi connectivity index (χ1n) is 5.89. The first kappa shape index (κ1) is 15.5. The molecule has 0 aliphatic carbocycles. The quantitative estimate of drug-likeness (QED) is 0.829. The van der Waals surface area contributed by atoms with E-state index in [-0.39, 0.29) is 5.69 Å². The standard InChI is InChI=1S/C12H13ClN3O4S/c1-15-7-10(11(17)16(2)12(15)18)21(19,20)14-9-5-3-4-8(13)6-9/h3-7,10,14H,1-2H3/q+1. The molecule has 1 aromatic carbocycles. The van der Waals surface area contributed by atoms with Gasteiger partial charge in [0, 0.05) is 10.7 Å². The van der Waals surface area contributed by atoms with Crippen LogP contribution in [0.5, 0.6) is 0 Å². The number of amides is 3. The Hall–Kier alpha value is -1.93. The largest absolute Gasteiger partial charge is 0.500 e. The second kappa shape index (κ2) is 5.45. The molecule has 9 heteroatoms. The minimum atomic E-state index is -4.04. The summed E-state index contributed by atoms with van der Waals surface area (Å²) >= 11 is 5.78. The highest BCUT2D eigenvalue weighted by Gasteiger charge is 2.46. The number of sulfonamides is 1. The van der Waals surface area contributed by atoms with Crippen LogP contribution in [0.3, 0.4) is 0 Å². The molecule has 0 fully saturated rings. The Balaban J connectivity index is 2.36. The number of benzene rings is 1. The third-order valence-electron chi connectivity index (χ3n) is 2.94. The van der Waals surface area contributed by atoms with E-state index in [4.69, 9.17) is 11.6 Å². The summed E-state index contributed by atoms with van der Waals surface area (Å²) in [7, 11) is -1.43. The number of rotatable bonds is 3. The number of nitrogens with one attached hydrogen (secondary N) is 1. The normalized spacial score (nSPS) is 19.5. The fraction of sp³-hybridized carbons (Fsp3) is 0.250. The summed E-state index contributed by atoms with van der Waals surface area (Å²) in [6, 6.07) is 5.51. The number of urea groups is 1. The maximum absolute atomic E-state index is 12.3. The molecule has 0 bridgehead atoms. The van der Waals surface area contributed by atoms with Gasteiger partial charge in [0.05, 0.1) is 14.1 Å². The average Bonchev–Trinajstić information content (AvgIpc) is 2.40. The van der Waals surface area contributed by atoms with Gasteiger partial charge in [0.1, 0.15) is 6.21 Å². The summed E-state index contributed by atoms with van der Waals surface area (Å²) in [5.41, 5.74) is 0.242. The van der Waals surface area contributed by atoms with Gasteiger partial charge in [0.15, 0.2) is 0 Å². The Morgan fingerprint density at radius 3 is 2.62 bits per heavy atom.